The van der Waals surface area contributed by atoms with Gasteiger partial charge in [0.05, 0.1) is 12.7 Å². The third-order valence-electron chi connectivity index (χ3n) is 3.34. The van der Waals surface area contributed by atoms with E-state index in [1.54, 1.807) is 0 Å². The molecule has 0 bridgehead atoms. The summed E-state index contributed by atoms with van der Waals surface area (Å²) in [7, 11) is 0. The van der Waals surface area contributed by atoms with Gasteiger partial charge in [0, 0.05) is 18.2 Å². The van der Waals surface area contributed by atoms with Crippen molar-refractivity contribution >= 4 is 5.91 Å². The van der Waals surface area contributed by atoms with Gasteiger partial charge in [0.1, 0.15) is 6.10 Å². The van der Waals surface area contributed by atoms with Gasteiger partial charge in [-0.05, 0) is 6.92 Å². The molecule has 0 spiro atoms. The van der Waals surface area contributed by atoms with Crippen molar-refractivity contribution in [2.24, 2.45) is 5.73 Å². The van der Waals surface area contributed by atoms with Gasteiger partial charge < -0.3 is 20.7 Å². The molecule has 0 unspecified atom stereocenters. The predicted octanol–water partition coefficient (Wildman–Crippen LogP) is -2.87. The van der Waals surface area contributed by atoms with Crippen LogP contribution in [0, 0.1) is 6.92 Å². The molecule has 1 aliphatic heterocycles. The molecule has 1 aromatic heterocycles. The van der Waals surface area contributed by atoms with Gasteiger partial charge in [-0.2, -0.15) is 0 Å². The molecule has 0 aromatic carbocycles. The van der Waals surface area contributed by atoms with Gasteiger partial charge in [-0.25, -0.2) is 4.79 Å². The number of aromatic amines is 1. The summed E-state index contributed by atoms with van der Waals surface area (Å²) in [5.41, 5.74) is 2.06. The lowest BCUT2D eigenvalue weighted by Gasteiger charge is -2.27. The second-order valence-electron chi connectivity index (χ2n) is 4.70. The van der Waals surface area contributed by atoms with Crippen molar-refractivity contribution in [3.63, 3.8) is 0 Å². The Morgan fingerprint density at radius 1 is 1.65 bits per heavy atom. The Kier molecular flexibility index (Phi) is 3.50. The van der Waals surface area contributed by atoms with Gasteiger partial charge in [-0.3, -0.25) is 19.1 Å². The second kappa shape index (κ2) is 4.85. The van der Waals surface area contributed by atoms with Gasteiger partial charge in [0.15, 0.2) is 0 Å². The number of primary amides is 1. The van der Waals surface area contributed by atoms with E-state index >= 15 is 0 Å². The molecule has 0 aliphatic carbocycles. The van der Waals surface area contributed by atoms with E-state index in [9.17, 15) is 19.5 Å². The molecule has 1 saturated heterocycles. The van der Waals surface area contributed by atoms with Crippen LogP contribution >= 0.6 is 0 Å². The highest BCUT2D eigenvalue weighted by Gasteiger charge is 2.52. The lowest BCUT2D eigenvalue weighted by atomic mass is 10.1. The van der Waals surface area contributed by atoms with Crippen LogP contribution in [0.3, 0.4) is 0 Å². The van der Waals surface area contributed by atoms with Gasteiger partial charge in [0.25, 0.3) is 11.5 Å². The summed E-state index contributed by atoms with van der Waals surface area (Å²) in [6.07, 6.45) is -1.36. The van der Waals surface area contributed by atoms with Crippen LogP contribution in [-0.4, -0.2) is 44.5 Å². The lowest BCUT2D eigenvalue weighted by molar-refractivity contribution is -0.161. The molecular formula is C11H15N3O6. The van der Waals surface area contributed by atoms with Crippen LogP contribution in [0.2, 0.25) is 0 Å². The third-order valence-corrected chi connectivity index (χ3v) is 3.34. The Balaban J connectivity index is 2.62. The molecule has 9 heteroatoms. The maximum atomic E-state index is 11.9. The Bertz CT molecular complexity index is 650. The molecule has 110 valence electrons. The Morgan fingerprint density at radius 3 is 2.80 bits per heavy atom. The molecule has 0 saturated carbocycles. The minimum absolute atomic E-state index is 0.177. The molecule has 0 radical (unpaired) electrons. The fourth-order valence-corrected chi connectivity index (χ4v) is 2.22. The maximum Gasteiger partial charge on any atom is 0.331 e. The first kappa shape index (κ1) is 14.4. The van der Waals surface area contributed by atoms with Crippen molar-refractivity contribution in [1.82, 2.24) is 9.55 Å². The topological polar surface area (TPSA) is 148 Å². The summed E-state index contributed by atoms with van der Waals surface area (Å²) in [4.78, 5) is 37.0. The zero-order chi connectivity index (χ0) is 15.1. The van der Waals surface area contributed by atoms with Crippen molar-refractivity contribution in [1.29, 1.82) is 0 Å². The smallest absolute Gasteiger partial charge is 0.331 e. The molecule has 5 N–H and O–H groups in total. The fourth-order valence-electron chi connectivity index (χ4n) is 2.22. The van der Waals surface area contributed by atoms with E-state index in [2.05, 4.69) is 0 Å². The van der Waals surface area contributed by atoms with Crippen LogP contribution in [0.25, 0.3) is 0 Å². The SMILES string of the molecule is Cc1cn([C@@]2(C(N)=O)C[C@H](O)[C@@H](CO)O2)c(=O)[nH]c1=O. The molecule has 1 amide bonds. The number of aliphatic hydroxyl groups excluding tert-OH is 2. The van der Waals surface area contributed by atoms with Crippen molar-refractivity contribution in [2.45, 2.75) is 31.3 Å². The number of hydrogen-bond acceptors (Lipinski definition) is 6. The number of aromatic nitrogens is 2. The van der Waals surface area contributed by atoms with E-state index in [1.165, 1.54) is 6.92 Å². The summed E-state index contributed by atoms with van der Waals surface area (Å²) in [6, 6.07) is 0. The number of nitrogens with two attached hydrogens (primary N) is 1. The highest BCUT2D eigenvalue weighted by molar-refractivity contribution is 5.81. The van der Waals surface area contributed by atoms with Crippen LogP contribution in [0.15, 0.2) is 15.8 Å². The number of aryl methyl sites for hydroxylation is 1. The van der Waals surface area contributed by atoms with Crippen LogP contribution in [0.5, 0.6) is 0 Å². The van der Waals surface area contributed by atoms with Crippen molar-refractivity contribution in [3.05, 3.63) is 32.6 Å². The second-order valence-corrected chi connectivity index (χ2v) is 4.70. The zero-order valence-corrected chi connectivity index (χ0v) is 10.7. The summed E-state index contributed by atoms with van der Waals surface area (Å²) < 4.78 is 6.14. The Morgan fingerprint density at radius 2 is 2.30 bits per heavy atom. The first-order valence-corrected chi connectivity index (χ1v) is 5.91. The van der Waals surface area contributed by atoms with E-state index in [0.717, 1.165) is 10.8 Å². The van der Waals surface area contributed by atoms with E-state index < -0.39 is 41.7 Å². The van der Waals surface area contributed by atoms with E-state index in [1.807, 2.05) is 4.98 Å². The number of hydrogen-bond donors (Lipinski definition) is 4. The molecule has 1 aliphatic rings. The summed E-state index contributed by atoms with van der Waals surface area (Å²) >= 11 is 0. The van der Waals surface area contributed by atoms with Gasteiger partial charge in [-0.1, -0.05) is 0 Å². The largest absolute Gasteiger partial charge is 0.394 e. The standard InChI is InChI=1S/C11H15N3O6/c1-5-3-14(10(19)13-8(5)17)11(9(12)18)2-6(16)7(4-15)20-11/h3,6-7,15-16H,2,4H2,1H3,(H2,12,18)(H,13,17,19)/t6-,7+,11-/m0/s1. The normalized spacial score (nSPS) is 29.6. The summed E-state index contributed by atoms with van der Waals surface area (Å²) in [5.74, 6) is -0.999. The number of rotatable bonds is 3. The van der Waals surface area contributed by atoms with Crippen molar-refractivity contribution in [2.75, 3.05) is 6.61 Å². The molecule has 9 nitrogen and oxygen atoms in total. The highest BCUT2D eigenvalue weighted by Crippen LogP contribution is 2.33. The lowest BCUT2D eigenvalue weighted by Crippen LogP contribution is -2.52. The number of nitrogens with one attached hydrogen (secondary N) is 1. The number of aliphatic hydroxyl groups is 2. The quantitative estimate of drug-likeness (QED) is 0.469. The minimum Gasteiger partial charge on any atom is -0.394 e. The monoisotopic (exact) mass is 285 g/mol. The highest BCUT2D eigenvalue weighted by atomic mass is 16.6. The zero-order valence-electron chi connectivity index (χ0n) is 10.7. The van der Waals surface area contributed by atoms with Gasteiger partial charge in [0.2, 0.25) is 5.72 Å². The van der Waals surface area contributed by atoms with Crippen molar-refractivity contribution in [3.8, 4) is 0 Å². The van der Waals surface area contributed by atoms with Crippen LogP contribution in [0.1, 0.15) is 12.0 Å². The van der Waals surface area contributed by atoms with Gasteiger partial charge in [-0.15, -0.1) is 0 Å². The molecule has 1 aromatic rings. The van der Waals surface area contributed by atoms with Crippen molar-refractivity contribution < 1.29 is 19.7 Å². The molecule has 3 atom stereocenters. The number of amides is 1. The fraction of sp³-hybridized carbons (Fsp3) is 0.545. The van der Waals surface area contributed by atoms with Crippen LogP contribution < -0.4 is 17.0 Å². The van der Waals surface area contributed by atoms with E-state index in [0.29, 0.717) is 0 Å². The summed E-state index contributed by atoms with van der Waals surface area (Å²) in [6.45, 7) is 0.908. The molecule has 1 fully saturated rings. The third kappa shape index (κ3) is 2.05. The van der Waals surface area contributed by atoms with E-state index in [-0.39, 0.29) is 12.0 Å². The predicted molar refractivity (Wildman–Crippen MR) is 65.8 cm³/mol. The first-order valence-electron chi connectivity index (χ1n) is 5.91. The first-order chi connectivity index (χ1) is 9.31. The molecule has 2 heterocycles. The number of ether oxygens (including phenoxy) is 1. The number of carbonyl (C=O) groups is 1. The number of H-pyrrole nitrogens is 1. The van der Waals surface area contributed by atoms with Crippen LogP contribution in [-0.2, 0) is 15.3 Å². The van der Waals surface area contributed by atoms with Crippen LogP contribution in [0.4, 0.5) is 0 Å². The average molecular weight is 285 g/mol. The number of carbonyl (C=O) groups excluding carboxylic acids is 1. The molecule has 2 rings (SSSR count). The number of nitrogens with zero attached hydrogens (tertiary/aromatic N) is 1. The molecule has 20 heavy (non-hydrogen) atoms. The maximum absolute atomic E-state index is 11.9. The van der Waals surface area contributed by atoms with E-state index in [4.69, 9.17) is 15.6 Å². The Labute approximate surface area is 112 Å². The minimum atomic E-state index is -1.93. The Hall–Kier alpha value is -1.97. The average Bonchev–Trinajstić information content (AvgIpc) is 2.72. The summed E-state index contributed by atoms with van der Waals surface area (Å²) in [5, 5.41) is 18.9. The molecular weight excluding hydrogens is 270 g/mol. The van der Waals surface area contributed by atoms with Gasteiger partial charge >= 0.3 is 5.69 Å².